The van der Waals surface area contributed by atoms with Gasteiger partial charge in [-0.1, -0.05) is 25.5 Å². The summed E-state index contributed by atoms with van der Waals surface area (Å²) in [4.78, 5) is 13.9. The van der Waals surface area contributed by atoms with E-state index in [1.165, 1.54) is 0 Å². The van der Waals surface area contributed by atoms with Gasteiger partial charge in [0.2, 0.25) is 5.62 Å². The maximum absolute atomic E-state index is 12.8. The van der Waals surface area contributed by atoms with E-state index in [4.69, 9.17) is 5.41 Å². The van der Waals surface area contributed by atoms with Crippen LogP contribution in [0.2, 0.25) is 0 Å². The Hall–Kier alpha value is -1.66. The molecule has 0 amide bonds. The van der Waals surface area contributed by atoms with Crippen LogP contribution in [0.25, 0.3) is 10.9 Å². The molecule has 0 aliphatic rings. The van der Waals surface area contributed by atoms with Gasteiger partial charge in [0.25, 0.3) is 5.56 Å². The van der Waals surface area contributed by atoms with Gasteiger partial charge in [-0.3, -0.25) is 14.8 Å². The second-order valence-electron chi connectivity index (χ2n) is 5.44. The van der Waals surface area contributed by atoms with Crippen molar-refractivity contribution in [2.45, 2.75) is 32.9 Å². The molecule has 1 N–H and O–H groups in total. The summed E-state index contributed by atoms with van der Waals surface area (Å²) in [7, 11) is 0. The molecule has 0 saturated carbocycles. The molecular weight excluding hydrogens is 374 g/mol. The molecule has 3 rings (SSSR count). The van der Waals surface area contributed by atoms with Gasteiger partial charge in [-0.15, -0.1) is 11.3 Å². The van der Waals surface area contributed by atoms with E-state index in [1.807, 2.05) is 41.0 Å². The van der Waals surface area contributed by atoms with Crippen molar-refractivity contribution in [3.8, 4) is 0 Å². The molecule has 0 aliphatic carbocycles. The third-order valence-electron chi connectivity index (χ3n) is 3.86. The smallest absolute Gasteiger partial charge is 0.263 e. The van der Waals surface area contributed by atoms with E-state index in [-0.39, 0.29) is 11.2 Å². The number of halogens is 1. The van der Waals surface area contributed by atoms with Crippen molar-refractivity contribution in [1.29, 1.82) is 5.41 Å². The number of aryl methyl sites for hydroxylation is 1. The highest BCUT2D eigenvalue weighted by atomic mass is 79.9. The molecule has 4 nitrogen and oxygen atoms in total. The lowest BCUT2D eigenvalue weighted by atomic mass is 10.2. The zero-order valence-corrected chi connectivity index (χ0v) is 15.3. The van der Waals surface area contributed by atoms with Crippen LogP contribution in [0.15, 0.2) is 45.0 Å². The van der Waals surface area contributed by atoms with Crippen LogP contribution in [-0.4, -0.2) is 9.13 Å². The quantitative estimate of drug-likeness (QED) is 0.702. The number of rotatable bonds is 5. The number of hydrogen-bond acceptors (Lipinski definition) is 3. The Morgan fingerprint density at radius 2 is 1.96 bits per heavy atom. The number of nitrogens with zero attached hydrogens (tertiary/aromatic N) is 2. The molecule has 120 valence electrons. The lowest BCUT2D eigenvalue weighted by Crippen LogP contribution is -2.40. The van der Waals surface area contributed by atoms with Crippen molar-refractivity contribution in [3.05, 3.63) is 61.0 Å². The van der Waals surface area contributed by atoms with Crippen LogP contribution in [-0.2, 0) is 13.1 Å². The Morgan fingerprint density at radius 1 is 1.17 bits per heavy atom. The number of hydrogen-bond donors (Lipinski definition) is 1. The van der Waals surface area contributed by atoms with Crippen LogP contribution in [0.3, 0.4) is 0 Å². The highest BCUT2D eigenvalue weighted by Gasteiger charge is 2.11. The average Bonchev–Trinajstić information content (AvgIpc) is 2.97. The van der Waals surface area contributed by atoms with Crippen molar-refractivity contribution in [2.24, 2.45) is 0 Å². The van der Waals surface area contributed by atoms with E-state index in [9.17, 15) is 4.79 Å². The summed E-state index contributed by atoms with van der Waals surface area (Å²) >= 11 is 5.04. The number of thiophene rings is 1. The van der Waals surface area contributed by atoms with Gasteiger partial charge < -0.3 is 4.57 Å². The summed E-state index contributed by atoms with van der Waals surface area (Å²) < 4.78 is 4.55. The van der Waals surface area contributed by atoms with Gasteiger partial charge in [0, 0.05) is 11.4 Å². The van der Waals surface area contributed by atoms with Gasteiger partial charge in [-0.2, -0.15) is 0 Å². The highest BCUT2D eigenvalue weighted by Crippen LogP contribution is 2.22. The Balaban J connectivity index is 2.20. The lowest BCUT2D eigenvalue weighted by Gasteiger charge is -2.15. The fourth-order valence-electron chi connectivity index (χ4n) is 2.67. The topological polar surface area (TPSA) is 50.8 Å². The minimum atomic E-state index is -0.0946. The first kappa shape index (κ1) is 16.2. The van der Waals surface area contributed by atoms with E-state index in [2.05, 4.69) is 22.9 Å². The van der Waals surface area contributed by atoms with Crippen molar-refractivity contribution < 1.29 is 0 Å². The van der Waals surface area contributed by atoms with Gasteiger partial charge in [0.1, 0.15) is 0 Å². The summed E-state index contributed by atoms with van der Waals surface area (Å²) in [6, 6.07) is 11.5. The molecule has 3 aromatic rings. The molecule has 2 heterocycles. The first-order valence-electron chi connectivity index (χ1n) is 7.63. The molecule has 0 saturated heterocycles. The van der Waals surface area contributed by atoms with Gasteiger partial charge in [-0.25, -0.2) is 0 Å². The van der Waals surface area contributed by atoms with Crippen molar-refractivity contribution >= 4 is 38.2 Å². The van der Waals surface area contributed by atoms with Crippen LogP contribution in [0.5, 0.6) is 0 Å². The second kappa shape index (κ2) is 6.84. The molecule has 0 aliphatic heterocycles. The van der Waals surface area contributed by atoms with Crippen LogP contribution < -0.4 is 11.2 Å². The number of fused-ring (bicyclic) bond motifs is 1. The van der Waals surface area contributed by atoms with Gasteiger partial charge in [0.05, 0.1) is 21.2 Å². The lowest BCUT2D eigenvalue weighted by molar-refractivity contribution is 0.552. The zero-order valence-electron chi connectivity index (χ0n) is 12.9. The summed E-state index contributed by atoms with van der Waals surface area (Å²) in [6.45, 7) is 3.32. The van der Waals surface area contributed by atoms with E-state index >= 15 is 0 Å². The maximum Gasteiger partial charge on any atom is 0.263 e. The summed E-state index contributed by atoms with van der Waals surface area (Å²) in [5, 5.41) is 9.20. The number of unbranched alkanes of at least 4 members (excludes halogenated alkanes) is 1. The fraction of sp³-hybridized carbons (Fsp3) is 0.294. The molecule has 6 heteroatoms. The van der Waals surface area contributed by atoms with Crippen LogP contribution in [0.4, 0.5) is 0 Å². The minimum Gasteiger partial charge on any atom is -0.312 e. The van der Waals surface area contributed by atoms with E-state index in [1.54, 1.807) is 15.9 Å². The Labute approximate surface area is 146 Å². The molecule has 2 aromatic heterocycles. The molecule has 0 bridgehead atoms. The van der Waals surface area contributed by atoms with Crippen molar-refractivity contribution in [1.82, 2.24) is 9.13 Å². The molecule has 0 atom stereocenters. The number of nitrogens with one attached hydrogen (secondary N) is 1. The van der Waals surface area contributed by atoms with Gasteiger partial charge in [0.15, 0.2) is 0 Å². The van der Waals surface area contributed by atoms with Gasteiger partial charge in [-0.05, 0) is 46.6 Å². The number of benzene rings is 1. The summed E-state index contributed by atoms with van der Waals surface area (Å²) in [6.07, 6.45) is 2.04. The molecule has 0 unspecified atom stereocenters. The van der Waals surface area contributed by atoms with Crippen molar-refractivity contribution in [2.75, 3.05) is 0 Å². The number of aromatic nitrogens is 2. The van der Waals surface area contributed by atoms with Gasteiger partial charge >= 0.3 is 0 Å². The normalized spacial score (nSPS) is 11.2. The fourth-order valence-corrected chi connectivity index (χ4v) is 4.15. The first-order valence-corrected chi connectivity index (χ1v) is 9.24. The van der Waals surface area contributed by atoms with E-state index in [0.717, 1.165) is 33.6 Å². The minimum absolute atomic E-state index is 0.0946. The standard InChI is InChI=1S/C17H18BrN3OS/c1-2-3-10-20-14-7-5-4-6-13(14)16(22)21(17(20)19)11-12-8-9-15(18)23-12/h4-9,19H,2-3,10-11H2,1H3. The van der Waals surface area contributed by atoms with E-state index in [0.29, 0.717) is 11.9 Å². The van der Waals surface area contributed by atoms with Crippen LogP contribution in [0, 0.1) is 5.41 Å². The maximum atomic E-state index is 12.8. The van der Waals surface area contributed by atoms with Crippen molar-refractivity contribution in [3.63, 3.8) is 0 Å². The van der Waals surface area contributed by atoms with Crippen LogP contribution in [0.1, 0.15) is 24.6 Å². The molecule has 0 spiro atoms. The second-order valence-corrected chi connectivity index (χ2v) is 7.99. The summed E-state index contributed by atoms with van der Waals surface area (Å²) in [5.41, 5.74) is 1.02. The Kier molecular flexibility index (Phi) is 4.82. The highest BCUT2D eigenvalue weighted by molar-refractivity contribution is 9.11. The molecule has 0 fully saturated rings. The largest absolute Gasteiger partial charge is 0.312 e. The molecule has 23 heavy (non-hydrogen) atoms. The predicted octanol–water partition coefficient (Wildman–Crippen LogP) is 3.95. The molecular formula is C17H18BrN3OS. The van der Waals surface area contributed by atoms with E-state index < -0.39 is 0 Å². The summed E-state index contributed by atoms with van der Waals surface area (Å²) in [5.74, 6) is 0. The van der Waals surface area contributed by atoms with Crippen LogP contribution >= 0.6 is 27.3 Å². The SMILES string of the molecule is CCCCn1c(=N)n(Cc2ccc(Br)s2)c(=O)c2ccccc21. The molecule has 1 aromatic carbocycles. The third-order valence-corrected chi connectivity index (χ3v) is 5.47. The third kappa shape index (κ3) is 3.19. The predicted molar refractivity (Wildman–Crippen MR) is 98.1 cm³/mol. The Morgan fingerprint density at radius 3 is 2.65 bits per heavy atom. The Bertz CT molecular complexity index is 954. The zero-order chi connectivity index (χ0) is 16.4. The monoisotopic (exact) mass is 391 g/mol. The average molecular weight is 392 g/mol. The first-order chi connectivity index (χ1) is 11.1. The number of para-hydroxylation sites is 1. The molecule has 0 radical (unpaired) electrons.